The van der Waals surface area contributed by atoms with E-state index in [0.717, 1.165) is 38.5 Å². The molecule has 0 N–H and O–H groups in total. The first-order valence-electron chi connectivity index (χ1n) is 19.1. The molecule has 1 rings (SSSR count). The molecule has 4 heteroatoms. The summed E-state index contributed by atoms with van der Waals surface area (Å²) in [6, 6.07) is 0. The van der Waals surface area contributed by atoms with Gasteiger partial charge in [-0.3, -0.25) is 0 Å². The summed E-state index contributed by atoms with van der Waals surface area (Å²) in [7, 11) is 0. The van der Waals surface area contributed by atoms with Crippen LogP contribution in [0.1, 0.15) is 226 Å². The molecule has 1 fully saturated rings. The number of carbonyl (C=O) groups is 2. The van der Waals surface area contributed by atoms with Crippen LogP contribution in [0, 0.1) is 5.41 Å². The molecule has 0 unspecified atom stereocenters. The minimum atomic E-state index is -0.398. The average molecular weight is 593 g/mol. The standard InChI is InChI=1S/C38H72O4/c1-3-5-7-9-11-13-15-17-19-20-22-24-26-28-30-32-36(39)41-42-37(40)38(34-35-38)33-31-29-27-25-23-21-18-16-14-12-10-8-6-4-2/h3-35H2,1-2H3. The molecule has 0 heterocycles. The third kappa shape index (κ3) is 23.4. The van der Waals surface area contributed by atoms with Gasteiger partial charge < -0.3 is 0 Å². The van der Waals surface area contributed by atoms with E-state index in [2.05, 4.69) is 13.8 Å². The summed E-state index contributed by atoms with van der Waals surface area (Å²) in [5.41, 5.74) is -0.369. The van der Waals surface area contributed by atoms with Crippen molar-refractivity contribution in [2.45, 2.75) is 226 Å². The van der Waals surface area contributed by atoms with Gasteiger partial charge in [0.1, 0.15) is 0 Å². The Balaban J connectivity index is 1.86. The molecule has 0 amide bonds. The van der Waals surface area contributed by atoms with Gasteiger partial charge in [0.2, 0.25) is 0 Å². The van der Waals surface area contributed by atoms with Crippen LogP contribution in [0.25, 0.3) is 0 Å². The largest absolute Gasteiger partial charge is 0.361 e. The number of unbranched alkanes of at least 4 members (excludes halogenated alkanes) is 27. The fourth-order valence-electron chi connectivity index (χ4n) is 6.22. The lowest BCUT2D eigenvalue weighted by molar-refractivity contribution is -0.263. The van der Waals surface area contributed by atoms with Crippen LogP contribution < -0.4 is 0 Å². The van der Waals surface area contributed by atoms with Crippen molar-refractivity contribution < 1.29 is 19.4 Å². The summed E-state index contributed by atoms with van der Waals surface area (Å²) < 4.78 is 0. The first-order valence-corrected chi connectivity index (χ1v) is 19.1. The molecule has 248 valence electrons. The van der Waals surface area contributed by atoms with Gasteiger partial charge in [-0.15, -0.1) is 0 Å². The van der Waals surface area contributed by atoms with E-state index >= 15 is 0 Å². The number of carbonyl (C=O) groups excluding carboxylic acids is 2. The van der Waals surface area contributed by atoms with Crippen molar-refractivity contribution in [1.29, 1.82) is 0 Å². The highest BCUT2D eigenvalue weighted by Crippen LogP contribution is 2.51. The molecule has 42 heavy (non-hydrogen) atoms. The Morgan fingerprint density at radius 1 is 0.429 bits per heavy atom. The fourth-order valence-corrected chi connectivity index (χ4v) is 6.22. The molecule has 1 saturated carbocycles. The maximum absolute atomic E-state index is 12.5. The zero-order valence-corrected chi connectivity index (χ0v) is 28.5. The van der Waals surface area contributed by atoms with Gasteiger partial charge >= 0.3 is 11.9 Å². The van der Waals surface area contributed by atoms with Crippen LogP contribution in [0.3, 0.4) is 0 Å². The molecule has 0 saturated heterocycles. The van der Waals surface area contributed by atoms with Gasteiger partial charge in [0.25, 0.3) is 0 Å². The minimum Gasteiger partial charge on any atom is -0.247 e. The van der Waals surface area contributed by atoms with Crippen LogP contribution in [-0.2, 0) is 19.4 Å². The predicted octanol–water partition coefficient (Wildman–Crippen LogP) is 12.9. The normalized spacial score (nSPS) is 13.8. The Bertz CT molecular complexity index is 612. The first kappa shape index (κ1) is 39.0. The highest BCUT2D eigenvalue weighted by atomic mass is 17.2. The van der Waals surface area contributed by atoms with Gasteiger partial charge in [0.05, 0.1) is 11.8 Å². The van der Waals surface area contributed by atoms with Crippen LogP contribution in [-0.4, -0.2) is 11.9 Å². The maximum atomic E-state index is 12.5. The molecule has 0 spiro atoms. The van der Waals surface area contributed by atoms with Crippen LogP contribution in [0.2, 0.25) is 0 Å². The van der Waals surface area contributed by atoms with Crippen molar-refractivity contribution in [3.63, 3.8) is 0 Å². The molecule has 0 bridgehead atoms. The summed E-state index contributed by atoms with van der Waals surface area (Å²) in [4.78, 5) is 34.4. The second kappa shape index (κ2) is 28.7. The van der Waals surface area contributed by atoms with E-state index < -0.39 is 5.97 Å². The third-order valence-corrected chi connectivity index (χ3v) is 9.49. The van der Waals surface area contributed by atoms with Gasteiger partial charge in [0.15, 0.2) is 0 Å². The van der Waals surface area contributed by atoms with Gasteiger partial charge in [-0.25, -0.2) is 19.4 Å². The molecule has 0 aromatic rings. The van der Waals surface area contributed by atoms with Gasteiger partial charge in [-0.1, -0.05) is 194 Å². The van der Waals surface area contributed by atoms with Crippen molar-refractivity contribution in [2.24, 2.45) is 5.41 Å². The molecule has 1 aliphatic rings. The average Bonchev–Trinajstić information content (AvgIpc) is 3.79. The fraction of sp³-hybridized carbons (Fsp3) is 0.947. The van der Waals surface area contributed by atoms with Crippen molar-refractivity contribution in [2.75, 3.05) is 0 Å². The highest BCUT2D eigenvalue weighted by molar-refractivity contribution is 5.80. The van der Waals surface area contributed by atoms with Crippen molar-refractivity contribution in [3.05, 3.63) is 0 Å². The van der Waals surface area contributed by atoms with E-state index in [1.807, 2.05) is 0 Å². The summed E-state index contributed by atoms with van der Waals surface area (Å²) in [6.07, 6.45) is 41.2. The van der Waals surface area contributed by atoms with E-state index in [-0.39, 0.29) is 11.4 Å². The molecular weight excluding hydrogens is 520 g/mol. The first-order chi connectivity index (χ1) is 20.6. The third-order valence-electron chi connectivity index (χ3n) is 9.49. The summed E-state index contributed by atoms with van der Waals surface area (Å²) in [5, 5.41) is 0. The van der Waals surface area contributed by atoms with Crippen molar-refractivity contribution >= 4 is 11.9 Å². The number of rotatable bonds is 32. The quantitative estimate of drug-likeness (QED) is 0.0443. The van der Waals surface area contributed by atoms with Gasteiger partial charge in [0, 0.05) is 0 Å². The Morgan fingerprint density at radius 3 is 1.07 bits per heavy atom. The Labute approximate surface area is 262 Å². The van der Waals surface area contributed by atoms with Crippen LogP contribution in [0.15, 0.2) is 0 Å². The summed E-state index contributed by atoms with van der Waals surface area (Å²) >= 11 is 0. The molecule has 0 radical (unpaired) electrons. The maximum Gasteiger partial charge on any atom is 0.361 e. The summed E-state index contributed by atoms with van der Waals surface area (Å²) in [6.45, 7) is 4.55. The predicted molar refractivity (Wildman–Crippen MR) is 178 cm³/mol. The molecule has 0 aromatic heterocycles. The van der Waals surface area contributed by atoms with Gasteiger partial charge in [-0.2, -0.15) is 0 Å². The molecule has 4 nitrogen and oxygen atoms in total. The molecule has 1 aliphatic carbocycles. The van der Waals surface area contributed by atoms with E-state index in [0.29, 0.717) is 6.42 Å². The Kier molecular flexibility index (Phi) is 26.6. The second-order valence-electron chi connectivity index (χ2n) is 13.7. The van der Waals surface area contributed by atoms with E-state index in [9.17, 15) is 9.59 Å². The Morgan fingerprint density at radius 2 is 0.738 bits per heavy atom. The molecule has 0 aliphatic heterocycles. The number of hydrogen-bond donors (Lipinski definition) is 0. The smallest absolute Gasteiger partial charge is 0.247 e. The molecule has 0 atom stereocenters. The van der Waals surface area contributed by atoms with Crippen LogP contribution in [0.5, 0.6) is 0 Å². The van der Waals surface area contributed by atoms with Crippen molar-refractivity contribution in [3.8, 4) is 0 Å². The lowest BCUT2D eigenvalue weighted by atomic mass is 9.97. The Hall–Kier alpha value is -1.06. The van der Waals surface area contributed by atoms with Crippen LogP contribution in [0.4, 0.5) is 0 Å². The van der Waals surface area contributed by atoms with E-state index in [1.54, 1.807) is 0 Å². The SMILES string of the molecule is CCCCCCCCCCCCCCCCCC(=O)OOC(=O)C1(CCCCCCCCCCCCCCCC)CC1. The minimum absolute atomic E-state index is 0.318. The van der Waals surface area contributed by atoms with Gasteiger partial charge in [-0.05, 0) is 25.7 Å². The lowest BCUT2D eigenvalue weighted by Gasteiger charge is -2.12. The summed E-state index contributed by atoms with van der Waals surface area (Å²) in [5.74, 6) is -0.715. The monoisotopic (exact) mass is 593 g/mol. The zero-order valence-electron chi connectivity index (χ0n) is 28.5. The van der Waals surface area contributed by atoms with E-state index in [1.165, 1.54) is 167 Å². The molecular formula is C38H72O4. The number of hydrogen-bond acceptors (Lipinski definition) is 4. The van der Waals surface area contributed by atoms with Crippen molar-refractivity contribution in [1.82, 2.24) is 0 Å². The highest BCUT2D eigenvalue weighted by Gasteiger charge is 2.51. The van der Waals surface area contributed by atoms with Crippen LogP contribution >= 0.6 is 0 Å². The second-order valence-corrected chi connectivity index (χ2v) is 13.7. The lowest BCUT2D eigenvalue weighted by Crippen LogP contribution is -2.21. The zero-order chi connectivity index (χ0) is 30.4. The topological polar surface area (TPSA) is 52.6 Å². The molecule has 0 aromatic carbocycles. The van der Waals surface area contributed by atoms with E-state index in [4.69, 9.17) is 9.78 Å².